The Hall–Kier alpha value is -5.61. The predicted octanol–water partition coefficient (Wildman–Crippen LogP) is 6.30. The van der Waals surface area contributed by atoms with Gasteiger partial charge in [0.15, 0.2) is 0 Å². The molecular formula is C38H38FN7O5. The number of nitriles is 1. The van der Waals surface area contributed by atoms with E-state index in [1.807, 2.05) is 13.0 Å². The monoisotopic (exact) mass is 691 g/mol. The SMILES string of the molecule is C/C=C1/CC=C(C(=O)O)C(=O)c2cc(-c3cnc4[nH]c5c(N(C)C(=O)OC(C)(C)C)cc(F)c(C#N)c5c4c3N3CC[C@H]4CN(C)C[C@H]43)cnc21. The number of nitrogens with one attached hydrogen (secondary N) is 1. The van der Waals surface area contributed by atoms with Crippen molar-refractivity contribution in [1.82, 2.24) is 19.9 Å². The fourth-order valence-corrected chi connectivity index (χ4v) is 7.75. The molecule has 0 unspecified atom stereocenters. The minimum absolute atomic E-state index is 0.0962. The average molecular weight is 692 g/mol. The summed E-state index contributed by atoms with van der Waals surface area (Å²) in [7, 11) is 3.55. The molecule has 0 bridgehead atoms. The molecule has 2 saturated heterocycles. The number of nitrogens with zero attached hydrogens (tertiary/aromatic N) is 6. The third-order valence-electron chi connectivity index (χ3n) is 10.1. The Morgan fingerprint density at radius 2 is 1.94 bits per heavy atom. The Morgan fingerprint density at radius 1 is 1.18 bits per heavy atom. The summed E-state index contributed by atoms with van der Waals surface area (Å²) in [5.41, 5.74) is 2.61. The zero-order valence-electron chi connectivity index (χ0n) is 29.3. The third kappa shape index (κ3) is 5.60. The molecule has 13 heteroatoms. The number of halogens is 1. The average Bonchev–Trinajstić information content (AvgIpc) is 3.73. The van der Waals surface area contributed by atoms with E-state index in [0.29, 0.717) is 51.5 Å². The molecule has 2 N–H and O–H groups in total. The Balaban J connectivity index is 1.53. The molecule has 2 atom stereocenters. The number of anilines is 2. The van der Waals surface area contributed by atoms with Crippen LogP contribution in [0.4, 0.5) is 20.6 Å². The number of aromatic nitrogens is 3. The molecule has 1 aliphatic carbocycles. The topological polar surface area (TPSA) is 156 Å². The van der Waals surface area contributed by atoms with Crippen molar-refractivity contribution in [3.8, 4) is 17.2 Å². The molecule has 1 aromatic carbocycles. The van der Waals surface area contributed by atoms with Gasteiger partial charge in [0.1, 0.15) is 28.7 Å². The fourth-order valence-electron chi connectivity index (χ4n) is 7.75. The largest absolute Gasteiger partial charge is 0.478 e. The number of aliphatic carboxylic acids is 1. The molecule has 3 aliphatic rings. The zero-order valence-corrected chi connectivity index (χ0v) is 29.3. The highest BCUT2D eigenvalue weighted by atomic mass is 19.1. The van der Waals surface area contributed by atoms with Gasteiger partial charge in [-0.3, -0.25) is 14.7 Å². The van der Waals surface area contributed by atoms with E-state index in [9.17, 15) is 24.8 Å². The van der Waals surface area contributed by atoms with Crippen LogP contribution in [0.25, 0.3) is 38.6 Å². The van der Waals surface area contributed by atoms with Gasteiger partial charge in [-0.2, -0.15) is 5.26 Å². The number of fused-ring (bicyclic) bond motifs is 5. The number of amides is 1. The van der Waals surface area contributed by atoms with E-state index in [4.69, 9.17) is 14.7 Å². The van der Waals surface area contributed by atoms with Gasteiger partial charge in [0, 0.05) is 73.3 Å². The molecule has 51 heavy (non-hydrogen) atoms. The number of hydrogen-bond donors (Lipinski definition) is 2. The predicted molar refractivity (Wildman–Crippen MR) is 191 cm³/mol. The number of ether oxygens (including phenoxy) is 1. The standard InChI is InChI=1S/C38H38FN7O5/c1-7-19-8-9-22(36(48)49)34(47)23-12-21(15-41-31(19)23)25-16-42-35-30(33(25)46-11-10-20-17-44(5)18-28(20)46)29-24(14-40)26(39)13-27(32(29)43-35)45(6)37(50)51-38(2,3)4/h7,9,12-13,15-16,20,28H,8,10-11,17-18H2,1-6H3,(H,42,43)(H,48,49)/b19-7-/t20-,28+/m0/s1. The van der Waals surface area contributed by atoms with E-state index in [1.54, 1.807) is 39.2 Å². The second kappa shape index (κ2) is 12.3. The van der Waals surface area contributed by atoms with Gasteiger partial charge in [0.05, 0.1) is 33.5 Å². The molecule has 1 amide bonds. The van der Waals surface area contributed by atoms with Crippen molar-refractivity contribution in [3.05, 3.63) is 64.9 Å². The van der Waals surface area contributed by atoms with Gasteiger partial charge in [0.25, 0.3) is 0 Å². The Morgan fingerprint density at radius 3 is 2.63 bits per heavy atom. The molecule has 262 valence electrons. The maximum Gasteiger partial charge on any atom is 0.414 e. The summed E-state index contributed by atoms with van der Waals surface area (Å²) in [5.74, 6) is -2.40. The van der Waals surface area contributed by atoms with Gasteiger partial charge in [-0.05, 0) is 65.1 Å². The Labute approximate surface area is 293 Å². The summed E-state index contributed by atoms with van der Waals surface area (Å²) in [6.45, 7) is 9.39. The molecular weight excluding hydrogens is 653 g/mol. The first-order valence-electron chi connectivity index (χ1n) is 16.8. The van der Waals surface area contributed by atoms with E-state index >= 15 is 4.39 Å². The molecule has 12 nitrogen and oxygen atoms in total. The summed E-state index contributed by atoms with van der Waals surface area (Å²) in [6.07, 6.45) is 6.98. The lowest BCUT2D eigenvalue weighted by atomic mass is 9.95. The third-order valence-corrected chi connectivity index (χ3v) is 10.1. The number of hydrogen-bond acceptors (Lipinski definition) is 9. The molecule has 5 heterocycles. The van der Waals surface area contributed by atoms with Gasteiger partial charge < -0.3 is 24.6 Å². The number of likely N-dealkylation sites (tertiary alicyclic amines) is 1. The zero-order chi connectivity index (χ0) is 36.5. The van der Waals surface area contributed by atoms with E-state index in [0.717, 1.165) is 31.1 Å². The number of pyridine rings is 2. The summed E-state index contributed by atoms with van der Waals surface area (Å²) in [5, 5.41) is 21.0. The van der Waals surface area contributed by atoms with Crippen LogP contribution < -0.4 is 9.80 Å². The van der Waals surface area contributed by atoms with E-state index in [2.05, 4.69) is 27.9 Å². The molecule has 0 radical (unpaired) electrons. The number of likely N-dealkylation sites (N-methyl/N-ethyl adjacent to an activating group) is 1. The first-order valence-corrected chi connectivity index (χ1v) is 16.8. The summed E-state index contributed by atoms with van der Waals surface area (Å²) in [6, 6.07) is 4.95. The number of carboxylic acids is 1. The first kappa shape index (κ1) is 33.9. The van der Waals surface area contributed by atoms with Crippen LogP contribution in [0.3, 0.4) is 0 Å². The molecule has 3 aromatic heterocycles. The lowest BCUT2D eigenvalue weighted by Gasteiger charge is -2.29. The van der Waals surface area contributed by atoms with Crippen molar-refractivity contribution in [3.63, 3.8) is 0 Å². The number of aromatic amines is 1. The van der Waals surface area contributed by atoms with Crippen LogP contribution >= 0.6 is 0 Å². The summed E-state index contributed by atoms with van der Waals surface area (Å²) < 4.78 is 21.6. The van der Waals surface area contributed by atoms with Crippen molar-refractivity contribution < 1.29 is 28.6 Å². The number of Topliss-reactive ketones (excluding diaryl/α,β-unsaturated/α-hetero) is 1. The second-order valence-corrected chi connectivity index (χ2v) is 14.4. The van der Waals surface area contributed by atoms with E-state index in [-0.39, 0.29) is 40.2 Å². The highest BCUT2D eigenvalue weighted by molar-refractivity contribution is 6.26. The second-order valence-electron chi connectivity index (χ2n) is 14.4. The minimum atomic E-state index is -1.32. The number of allylic oxidation sites excluding steroid dienone is 3. The number of benzene rings is 1. The van der Waals surface area contributed by atoms with Crippen LogP contribution in [0.1, 0.15) is 62.2 Å². The van der Waals surface area contributed by atoms with Gasteiger partial charge in [-0.25, -0.2) is 19.0 Å². The van der Waals surface area contributed by atoms with Crippen molar-refractivity contribution >= 4 is 56.7 Å². The van der Waals surface area contributed by atoms with E-state index in [1.165, 1.54) is 18.0 Å². The van der Waals surface area contributed by atoms with Gasteiger partial charge >= 0.3 is 12.1 Å². The quantitative estimate of drug-likeness (QED) is 0.233. The molecule has 2 aliphatic heterocycles. The van der Waals surface area contributed by atoms with Gasteiger partial charge in [-0.15, -0.1) is 0 Å². The van der Waals surface area contributed by atoms with Crippen molar-refractivity contribution in [1.29, 1.82) is 5.26 Å². The van der Waals surface area contributed by atoms with E-state index < -0.39 is 29.3 Å². The molecule has 0 saturated carbocycles. The lowest BCUT2D eigenvalue weighted by molar-refractivity contribution is -0.132. The Kier molecular flexibility index (Phi) is 8.18. The van der Waals surface area contributed by atoms with Crippen LogP contribution in [0.2, 0.25) is 0 Å². The summed E-state index contributed by atoms with van der Waals surface area (Å²) >= 11 is 0. The highest BCUT2D eigenvalue weighted by Crippen LogP contribution is 2.48. The Bertz CT molecular complexity index is 2280. The minimum Gasteiger partial charge on any atom is -0.478 e. The smallest absolute Gasteiger partial charge is 0.414 e. The van der Waals surface area contributed by atoms with Gasteiger partial charge in [0.2, 0.25) is 5.78 Å². The van der Waals surface area contributed by atoms with Crippen LogP contribution in [0.15, 0.2) is 42.3 Å². The number of carboxylic acid groups (broad SMARTS) is 1. The van der Waals surface area contributed by atoms with Crippen LogP contribution in [0.5, 0.6) is 0 Å². The maximum atomic E-state index is 16.0. The van der Waals surface area contributed by atoms with Crippen LogP contribution in [-0.2, 0) is 9.53 Å². The van der Waals surface area contributed by atoms with Crippen molar-refractivity contribution in [2.75, 3.05) is 43.5 Å². The molecule has 4 aromatic rings. The van der Waals surface area contributed by atoms with Gasteiger partial charge in [-0.1, -0.05) is 12.2 Å². The normalized spacial score (nSPS) is 20.0. The number of H-pyrrole nitrogens is 1. The first-order chi connectivity index (χ1) is 24.2. The number of ketones is 1. The molecule has 0 spiro atoms. The number of carbonyl (C=O) groups excluding carboxylic acids is 2. The van der Waals surface area contributed by atoms with Crippen LogP contribution in [-0.4, -0.2) is 88.2 Å². The maximum absolute atomic E-state index is 16.0. The molecule has 7 rings (SSSR count). The number of carbonyl (C=O) groups is 3. The molecule has 2 fully saturated rings. The lowest BCUT2D eigenvalue weighted by Crippen LogP contribution is -2.35. The summed E-state index contributed by atoms with van der Waals surface area (Å²) in [4.78, 5) is 57.6. The highest BCUT2D eigenvalue weighted by Gasteiger charge is 2.42. The van der Waals surface area contributed by atoms with Crippen molar-refractivity contribution in [2.24, 2.45) is 5.92 Å². The van der Waals surface area contributed by atoms with Crippen molar-refractivity contribution in [2.45, 2.75) is 52.2 Å². The number of rotatable bonds is 4. The van der Waals surface area contributed by atoms with Crippen LogP contribution in [0, 0.1) is 23.1 Å². The fraction of sp³-hybridized carbons (Fsp3) is 0.368.